The second-order valence-electron chi connectivity index (χ2n) is 6.13. The first-order valence-electron chi connectivity index (χ1n) is 8.07. The normalized spacial score (nSPS) is 31.1. The average Bonchev–Trinajstić information content (AvgIpc) is 2.37. The summed E-state index contributed by atoms with van der Waals surface area (Å²) < 4.78 is 11.9. The van der Waals surface area contributed by atoms with Gasteiger partial charge in [-0.05, 0) is 45.6 Å². The highest BCUT2D eigenvalue weighted by atomic mass is 16.5. The van der Waals surface area contributed by atoms with Gasteiger partial charge in [0.2, 0.25) is 0 Å². The molecule has 0 spiro atoms. The molecule has 1 heterocycles. The summed E-state index contributed by atoms with van der Waals surface area (Å²) in [5.41, 5.74) is 0. The molecule has 114 valence electrons. The third kappa shape index (κ3) is 6.24. The molecular formula is C16H33NO2. The number of nitrogens with one attached hydrogen (secondary N) is 1. The molecule has 4 unspecified atom stereocenters. The van der Waals surface area contributed by atoms with Crippen LogP contribution in [0.5, 0.6) is 0 Å². The van der Waals surface area contributed by atoms with Gasteiger partial charge in [-0.2, -0.15) is 0 Å². The molecule has 0 amide bonds. The van der Waals surface area contributed by atoms with E-state index in [0.717, 1.165) is 26.0 Å². The van der Waals surface area contributed by atoms with Crippen molar-refractivity contribution >= 4 is 0 Å². The first-order chi connectivity index (χ1) is 9.06. The van der Waals surface area contributed by atoms with Crippen molar-refractivity contribution < 1.29 is 9.47 Å². The minimum atomic E-state index is 0.333. The van der Waals surface area contributed by atoms with E-state index < -0.39 is 0 Å². The van der Waals surface area contributed by atoms with Crippen molar-refractivity contribution in [2.75, 3.05) is 13.2 Å². The van der Waals surface area contributed by atoms with E-state index in [1.165, 1.54) is 12.8 Å². The number of hydrogen-bond acceptors (Lipinski definition) is 3. The van der Waals surface area contributed by atoms with Crippen LogP contribution >= 0.6 is 0 Å². The third-order valence-corrected chi connectivity index (χ3v) is 4.15. The Bertz CT molecular complexity index is 225. The zero-order chi connectivity index (χ0) is 14.3. The van der Waals surface area contributed by atoms with Gasteiger partial charge in [-0.25, -0.2) is 0 Å². The summed E-state index contributed by atoms with van der Waals surface area (Å²) in [5.74, 6) is 0.668. The molecule has 19 heavy (non-hydrogen) atoms. The smallest absolute Gasteiger partial charge is 0.0626 e. The number of rotatable bonds is 8. The average molecular weight is 271 g/mol. The van der Waals surface area contributed by atoms with Gasteiger partial charge in [0.15, 0.2) is 0 Å². The van der Waals surface area contributed by atoms with Crippen molar-refractivity contribution in [3.63, 3.8) is 0 Å². The van der Waals surface area contributed by atoms with Crippen LogP contribution < -0.4 is 5.32 Å². The molecule has 3 heteroatoms. The summed E-state index contributed by atoms with van der Waals surface area (Å²) in [7, 11) is 0. The molecule has 4 atom stereocenters. The fourth-order valence-electron chi connectivity index (χ4n) is 2.76. The van der Waals surface area contributed by atoms with Crippen molar-refractivity contribution in [2.45, 2.75) is 84.7 Å². The Morgan fingerprint density at radius 2 is 1.84 bits per heavy atom. The number of ether oxygens (including phenoxy) is 2. The minimum absolute atomic E-state index is 0.333. The minimum Gasteiger partial charge on any atom is -0.376 e. The van der Waals surface area contributed by atoms with Crippen LogP contribution in [0, 0.1) is 5.92 Å². The monoisotopic (exact) mass is 271 g/mol. The summed E-state index contributed by atoms with van der Waals surface area (Å²) in [6, 6.07) is 0.485. The second-order valence-corrected chi connectivity index (χ2v) is 6.13. The zero-order valence-electron chi connectivity index (χ0n) is 13.4. The highest BCUT2D eigenvalue weighted by molar-refractivity contribution is 4.77. The summed E-state index contributed by atoms with van der Waals surface area (Å²) in [6.07, 6.45) is 5.48. The van der Waals surface area contributed by atoms with Crippen molar-refractivity contribution in [1.29, 1.82) is 0 Å². The fraction of sp³-hybridized carbons (Fsp3) is 1.00. The standard InChI is InChI=1S/C16H33NO2/c1-6-8-17-16(12(3)7-2)11-18-15-9-13(4)19-14(5)10-15/h12-17H,6-11H2,1-5H3. The van der Waals surface area contributed by atoms with E-state index in [1.807, 2.05) is 0 Å². The Morgan fingerprint density at radius 3 is 2.37 bits per heavy atom. The fourth-order valence-corrected chi connectivity index (χ4v) is 2.76. The van der Waals surface area contributed by atoms with Crippen LogP contribution in [0.25, 0.3) is 0 Å². The van der Waals surface area contributed by atoms with Gasteiger partial charge in [-0.15, -0.1) is 0 Å². The lowest BCUT2D eigenvalue weighted by molar-refractivity contribution is -0.106. The second kappa shape index (κ2) is 8.93. The van der Waals surface area contributed by atoms with Crippen molar-refractivity contribution in [1.82, 2.24) is 5.32 Å². The van der Waals surface area contributed by atoms with Gasteiger partial charge in [0.05, 0.1) is 24.9 Å². The number of hydrogen-bond donors (Lipinski definition) is 1. The molecule has 0 aliphatic carbocycles. The van der Waals surface area contributed by atoms with Gasteiger partial charge in [-0.1, -0.05) is 27.2 Å². The largest absolute Gasteiger partial charge is 0.376 e. The van der Waals surface area contributed by atoms with Crippen LogP contribution in [0.3, 0.4) is 0 Å². The zero-order valence-corrected chi connectivity index (χ0v) is 13.4. The molecule has 3 nitrogen and oxygen atoms in total. The molecule has 0 radical (unpaired) electrons. The molecular weight excluding hydrogens is 238 g/mol. The lowest BCUT2D eigenvalue weighted by atomic mass is 9.99. The van der Waals surface area contributed by atoms with Crippen LogP contribution in [0.2, 0.25) is 0 Å². The van der Waals surface area contributed by atoms with E-state index in [1.54, 1.807) is 0 Å². The Balaban J connectivity index is 2.37. The Kier molecular flexibility index (Phi) is 7.96. The highest BCUT2D eigenvalue weighted by Crippen LogP contribution is 2.22. The lowest BCUT2D eigenvalue weighted by Crippen LogP contribution is -2.42. The van der Waals surface area contributed by atoms with Crippen molar-refractivity contribution in [3.05, 3.63) is 0 Å². The molecule has 0 aromatic carbocycles. The molecule has 0 aromatic heterocycles. The van der Waals surface area contributed by atoms with Crippen molar-refractivity contribution in [3.8, 4) is 0 Å². The van der Waals surface area contributed by atoms with E-state index in [2.05, 4.69) is 39.9 Å². The lowest BCUT2D eigenvalue weighted by Gasteiger charge is -2.34. The molecule has 0 saturated carbocycles. The summed E-state index contributed by atoms with van der Waals surface area (Å²) >= 11 is 0. The van der Waals surface area contributed by atoms with Gasteiger partial charge in [0.25, 0.3) is 0 Å². The first kappa shape index (κ1) is 16.9. The van der Waals surface area contributed by atoms with E-state index in [9.17, 15) is 0 Å². The molecule has 1 rings (SSSR count). The van der Waals surface area contributed by atoms with E-state index in [0.29, 0.717) is 30.3 Å². The van der Waals surface area contributed by atoms with Crippen LogP contribution in [0.15, 0.2) is 0 Å². The van der Waals surface area contributed by atoms with Gasteiger partial charge < -0.3 is 14.8 Å². The molecule has 1 N–H and O–H groups in total. The van der Waals surface area contributed by atoms with Crippen molar-refractivity contribution in [2.24, 2.45) is 5.92 Å². The molecule has 1 aliphatic heterocycles. The topological polar surface area (TPSA) is 30.5 Å². The summed E-state index contributed by atoms with van der Waals surface area (Å²) in [5, 5.41) is 3.63. The predicted octanol–water partition coefficient (Wildman–Crippen LogP) is 3.37. The van der Waals surface area contributed by atoms with Gasteiger partial charge in [-0.3, -0.25) is 0 Å². The maximum Gasteiger partial charge on any atom is 0.0626 e. The molecule has 1 fully saturated rings. The van der Waals surface area contributed by atoms with E-state index in [4.69, 9.17) is 9.47 Å². The SMILES string of the molecule is CCCNC(COC1CC(C)OC(C)C1)C(C)CC. The van der Waals surface area contributed by atoms with Gasteiger partial charge in [0, 0.05) is 6.04 Å². The maximum absolute atomic E-state index is 6.16. The van der Waals surface area contributed by atoms with Gasteiger partial charge >= 0.3 is 0 Å². The van der Waals surface area contributed by atoms with Crippen LogP contribution in [-0.4, -0.2) is 37.5 Å². The van der Waals surface area contributed by atoms with Crippen LogP contribution in [0.1, 0.15) is 60.3 Å². The van der Waals surface area contributed by atoms with Crippen LogP contribution in [0.4, 0.5) is 0 Å². The summed E-state index contributed by atoms with van der Waals surface area (Å²) in [4.78, 5) is 0. The van der Waals surface area contributed by atoms with Gasteiger partial charge in [0.1, 0.15) is 0 Å². The summed E-state index contributed by atoms with van der Waals surface area (Å²) in [6.45, 7) is 13.0. The quantitative estimate of drug-likeness (QED) is 0.734. The maximum atomic E-state index is 6.16. The molecule has 1 aliphatic rings. The Morgan fingerprint density at radius 1 is 1.21 bits per heavy atom. The van der Waals surface area contributed by atoms with Crippen LogP contribution in [-0.2, 0) is 9.47 Å². The van der Waals surface area contributed by atoms with E-state index >= 15 is 0 Å². The molecule has 0 aromatic rings. The predicted molar refractivity (Wildman–Crippen MR) is 80.5 cm³/mol. The Hall–Kier alpha value is -0.120. The molecule has 0 bridgehead atoms. The highest BCUT2D eigenvalue weighted by Gasteiger charge is 2.26. The Labute approximate surface area is 119 Å². The third-order valence-electron chi connectivity index (χ3n) is 4.15. The molecule has 1 saturated heterocycles. The first-order valence-corrected chi connectivity index (χ1v) is 8.07. The van der Waals surface area contributed by atoms with E-state index in [-0.39, 0.29) is 0 Å².